The van der Waals surface area contributed by atoms with Crippen LogP contribution in [0.4, 0.5) is 18.0 Å². The van der Waals surface area contributed by atoms with Crippen LogP contribution in [-0.4, -0.2) is 40.9 Å². The van der Waals surface area contributed by atoms with Crippen molar-refractivity contribution >= 4 is 11.8 Å². The van der Waals surface area contributed by atoms with E-state index in [0.29, 0.717) is 12.8 Å². The van der Waals surface area contributed by atoms with Crippen LogP contribution in [0.25, 0.3) is 0 Å². The van der Waals surface area contributed by atoms with Crippen LogP contribution in [-0.2, 0) is 4.74 Å². The summed E-state index contributed by atoms with van der Waals surface area (Å²) in [6.07, 6.45) is -5.12. The molecule has 19 heavy (non-hydrogen) atoms. The molecule has 1 aliphatic heterocycles. The van der Waals surface area contributed by atoms with E-state index in [4.69, 9.17) is 0 Å². The maximum atomic E-state index is 13.2. The maximum absolute atomic E-state index is 13.2. The normalized spacial score (nSPS) is 34.8. The number of ether oxygens (including phenoxy) is 1. The molecule has 0 bridgehead atoms. The molecule has 1 saturated carbocycles. The lowest BCUT2D eigenvalue weighted by atomic mass is 9.76. The molecule has 0 spiro atoms. The first kappa shape index (κ1) is 14.1. The fourth-order valence-corrected chi connectivity index (χ4v) is 2.68. The number of methoxy groups -OCH3 is 1. The van der Waals surface area contributed by atoms with E-state index >= 15 is 0 Å². The molecule has 0 saturated heterocycles. The van der Waals surface area contributed by atoms with Gasteiger partial charge < -0.3 is 9.84 Å². The van der Waals surface area contributed by atoms with Crippen molar-refractivity contribution in [2.75, 3.05) is 7.11 Å². The van der Waals surface area contributed by atoms with Gasteiger partial charge in [0.25, 0.3) is 5.72 Å². The Hall–Kier alpha value is -1.31. The number of fused-ring (bicyclic) bond motifs is 1. The Balaban J connectivity index is 2.44. The van der Waals surface area contributed by atoms with Crippen LogP contribution < -0.4 is 0 Å². The molecule has 0 unspecified atom stereocenters. The zero-order chi connectivity index (χ0) is 14.4. The predicted molar refractivity (Wildman–Crippen MR) is 59.2 cm³/mol. The lowest BCUT2D eigenvalue weighted by molar-refractivity contribution is -0.315. The molecule has 1 aliphatic carbocycles. The number of hydrogen-bond acceptors (Lipinski definition) is 4. The molecule has 2 rings (SSSR count). The Morgan fingerprint density at radius 2 is 2.21 bits per heavy atom. The van der Waals surface area contributed by atoms with Crippen LogP contribution in [0.5, 0.6) is 0 Å². The number of carbonyl (C=O) groups excluding carboxylic acids is 1. The molecule has 1 N–H and O–H groups in total. The van der Waals surface area contributed by atoms with Gasteiger partial charge in [-0.25, -0.2) is 4.79 Å². The topological polar surface area (TPSA) is 62.1 Å². The molecule has 1 heterocycles. The third-order valence-corrected chi connectivity index (χ3v) is 3.74. The van der Waals surface area contributed by atoms with E-state index in [-0.39, 0.29) is 23.1 Å². The molecule has 8 heteroatoms. The summed E-state index contributed by atoms with van der Waals surface area (Å²) in [4.78, 5) is 11.4. The summed E-state index contributed by atoms with van der Waals surface area (Å²) >= 11 is 0. The van der Waals surface area contributed by atoms with E-state index in [1.54, 1.807) is 0 Å². The fourth-order valence-electron chi connectivity index (χ4n) is 2.68. The van der Waals surface area contributed by atoms with Crippen molar-refractivity contribution in [2.45, 2.75) is 38.1 Å². The molecular weight excluding hydrogens is 265 g/mol. The maximum Gasteiger partial charge on any atom is 0.439 e. The molecule has 1 fully saturated rings. The van der Waals surface area contributed by atoms with Gasteiger partial charge in [-0.1, -0.05) is 6.92 Å². The molecule has 3 atom stereocenters. The van der Waals surface area contributed by atoms with E-state index in [0.717, 1.165) is 7.11 Å². The number of nitrogens with zero attached hydrogens (tertiary/aromatic N) is 2. The van der Waals surface area contributed by atoms with Gasteiger partial charge >= 0.3 is 12.3 Å². The first-order valence-electron chi connectivity index (χ1n) is 5.96. The van der Waals surface area contributed by atoms with Crippen LogP contribution >= 0.6 is 0 Å². The summed E-state index contributed by atoms with van der Waals surface area (Å²) in [5.74, 6) is -1.18. The zero-order valence-corrected chi connectivity index (χ0v) is 10.6. The highest BCUT2D eigenvalue weighted by Crippen LogP contribution is 2.49. The molecule has 0 radical (unpaired) electrons. The van der Waals surface area contributed by atoms with Gasteiger partial charge in [0.1, 0.15) is 0 Å². The predicted octanol–water partition coefficient (Wildman–Crippen LogP) is 2.11. The molecule has 0 aromatic rings. The summed E-state index contributed by atoms with van der Waals surface area (Å²) in [6, 6.07) is 0. The second-order valence-electron chi connectivity index (χ2n) is 5.03. The molecule has 1 amide bonds. The van der Waals surface area contributed by atoms with Crippen molar-refractivity contribution < 1.29 is 27.8 Å². The third kappa shape index (κ3) is 1.98. The highest BCUT2D eigenvalue weighted by molar-refractivity contribution is 5.92. The molecule has 5 nitrogen and oxygen atoms in total. The van der Waals surface area contributed by atoms with Gasteiger partial charge in [-0.3, -0.25) is 0 Å². The van der Waals surface area contributed by atoms with Gasteiger partial charge in [0.05, 0.1) is 13.0 Å². The first-order chi connectivity index (χ1) is 8.71. The van der Waals surface area contributed by atoms with Crippen LogP contribution in [0.3, 0.4) is 0 Å². The van der Waals surface area contributed by atoms with E-state index in [9.17, 15) is 23.1 Å². The second kappa shape index (κ2) is 4.36. The Morgan fingerprint density at radius 3 is 2.74 bits per heavy atom. The van der Waals surface area contributed by atoms with Crippen molar-refractivity contribution in [3.05, 3.63) is 0 Å². The van der Waals surface area contributed by atoms with E-state index in [1.807, 2.05) is 6.92 Å². The summed E-state index contributed by atoms with van der Waals surface area (Å²) in [6.45, 7) is 1.81. The van der Waals surface area contributed by atoms with Crippen LogP contribution in [0.2, 0.25) is 0 Å². The van der Waals surface area contributed by atoms with Crippen LogP contribution in [0.1, 0.15) is 26.2 Å². The lowest BCUT2D eigenvalue weighted by Gasteiger charge is -2.38. The van der Waals surface area contributed by atoms with E-state index in [2.05, 4.69) is 9.84 Å². The minimum Gasteiger partial charge on any atom is -0.451 e. The zero-order valence-electron chi connectivity index (χ0n) is 10.6. The Bertz CT molecular complexity index is 424. The average Bonchev–Trinajstić information content (AvgIpc) is 2.63. The molecule has 0 aromatic carbocycles. The summed E-state index contributed by atoms with van der Waals surface area (Å²) in [7, 11) is 0.948. The van der Waals surface area contributed by atoms with Gasteiger partial charge in [0, 0.05) is 5.71 Å². The number of aliphatic hydroxyl groups is 1. The van der Waals surface area contributed by atoms with Crippen molar-refractivity contribution in [3.8, 4) is 0 Å². The standard InChI is InChI=1S/C11H15F3N2O3/c1-6-3-4-8-7(5-6)10(18,11(12,13)14)16(15-8)9(17)19-2/h6-7,18H,3-5H2,1-2H3/t6-,7-,10+/m0/s1. The summed E-state index contributed by atoms with van der Waals surface area (Å²) in [5, 5.41) is 13.8. The Kier molecular flexibility index (Phi) is 3.24. The number of amides is 1. The minimum atomic E-state index is -4.99. The van der Waals surface area contributed by atoms with E-state index < -0.39 is 23.9 Å². The first-order valence-corrected chi connectivity index (χ1v) is 5.96. The summed E-state index contributed by atoms with van der Waals surface area (Å²) < 4.78 is 43.9. The number of alkyl halides is 3. The van der Waals surface area contributed by atoms with Crippen molar-refractivity contribution in [1.29, 1.82) is 0 Å². The number of hydrazone groups is 1. The SMILES string of the molecule is COC(=O)N1N=C2CC[C@H](C)C[C@@H]2[C@@]1(O)C(F)(F)F. The van der Waals surface area contributed by atoms with Gasteiger partial charge in [-0.2, -0.15) is 23.3 Å². The van der Waals surface area contributed by atoms with Crippen LogP contribution in [0, 0.1) is 11.8 Å². The molecular formula is C11H15F3N2O3. The van der Waals surface area contributed by atoms with Crippen molar-refractivity contribution in [1.82, 2.24) is 5.01 Å². The van der Waals surface area contributed by atoms with Crippen molar-refractivity contribution in [2.24, 2.45) is 16.9 Å². The van der Waals surface area contributed by atoms with Gasteiger partial charge in [-0.05, 0) is 25.2 Å². The largest absolute Gasteiger partial charge is 0.451 e. The van der Waals surface area contributed by atoms with Crippen LogP contribution in [0.15, 0.2) is 5.10 Å². The molecule has 2 aliphatic rings. The van der Waals surface area contributed by atoms with Gasteiger partial charge in [0.2, 0.25) is 0 Å². The quantitative estimate of drug-likeness (QED) is 0.739. The average molecular weight is 280 g/mol. The monoisotopic (exact) mass is 280 g/mol. The van der Waals surface area contributed by atoms with Gasteiger partial charge in [-0.15, -0.1) is 0 Å². The number of halogens is 3. The summed E-state index contributed by atoms with van der Waals surface area (Å²) in [5.41, 5.74) is -3.09. The van der Waals surface area contributed by atoms with Gasteiger partial charge in [0.15, 0.2) is 0 Å². The minimum absolute atomic E-state index is 0.0328. The molecule has 0 aromatic heterocycles. The smallest absolute Gasteiger partial charge is 0.439 e. The molecule has 108 valence electrons. The highest BCUT2D eigenvalue weighted by atomic mass is 19.4. The second-order valence-corrected chi connectivity index (χ2v) is 5.03. The lowest BCUT2D eigenvalue weighted by Crippen LogP contribution is -2.61. The highest BCUT2D eigenvalue weighted by Gasteiger charge is 2.69. The van der Waals surface area contributed by atoms with Crippen molar-refractivity contribution in [3.63, 3.8) is 0 Å². The van der Waals surface area contributed by atoms with E-state index in [1.165, 1.54) is 0 Å². The Morgan fingerprint density at radius 1 is 1.58 bits per heavy atom. The number of hydrogen-bond donors (Lipinski definition) is 1. The number of rotatable bonds is 0. The Labute approximate surface area is 108 Å². The third-order valence-electron chi connectivity index (χ3n) is 3.74. The fraction of sp³-hybridized carbons (Fsp3) is 0.818. The number of carbonyl (C=O) groups is 1.